The minimum atomic E-state index is 0.404. The van der Waals surface area contributed by atoms with E-state index in [9.17, 15) is 5.26 Å². The molecule has 7 aromatic rings. The first-order valence-electron chi connectivity index (χ1n) is 11.1. The van der Waals surface area contributed by atoms with E-state index < -0.39 is 0 Å². The Balaban J connectivity index is 1.65. The summed E-state index contributed by atoms with van der Waals surface area (Å²) >= 11 is 0. The summed E-state index contributed by atoms with van der Waals surface area (Å²) in [6.45, 7) is 0. The minimum absolute atomic E-state index is 0.404. The molecule has 158 valence electrons. The molecule has 0 saturated carbocycles. The molecule has 0 fully saturated rings. The Morgan fingerprint density at radius 1 is 0.706 bits per heavy atom. The Morgan fingerprint density at radius 3 is 2.41 bits per heavy atom. The van der Waals surface area contributed by atoms with E-state index in [1.54, 1.807) is 6.20 Å². The summed E-state index contributed by atoms with van der Waals surface area (Å²) in [6.07, 6.45) is 1.69. The van der Waals surface area contributed by atoms with Crippen molar-refractivity contribution in [1.29, 1.82) is 5.26 Å². The van der Waals surface area contributed by atoms with E-state index >= 15 is 0 Å². The molecule has 3 heterocycles. The molecule has 4 nitrogen and oxygen atoms in total. The third-order valence-corrected chi connectivity index (χ3v) is 6.51. The fourth-order valence-electron chi connectivity index (χ4n) is 5.11. The fraction of sp³-hybridized carbons (Fsp3) is 0. The van der Waals surface area contributed by atoms with Crippen LogP contribution >= 0.6 is 0 Å². The van der Waals surface area contributed by atoms with Crippen LogP contribution in [0, 0.1) is 11.3 Å². The topological polar surface area (TPSA) is 54.8 Å². The minimum Gasteiger partial charge on any atom is -0.456 e. The number of pyridine rings is 1. The van der Waals surface area contributed by atoms with Gasteiger partial charge in [0.1, 0.15) is 22.9 Å². The molecule has 0 aliphatic heterocycles. The summed E-state index contributed by atoms with van der Waals surface area (Å²) in [4.78, 5) is 4.15. The number of nitriles is 1. The Kier molecular flexibility index (Phi) is 3.88. The number of furan rings is 1. The van der Waals surface area contributed by atoms with Crippen LogP contribution in [0.4, 0.5) is 0 Å². The van der Waals surface area contributed by atoms with Crippen LogP contribution in [0.3, 0.4) is 0 Å². The molecule has 0 bridgehead atoms. The number of nitrogens with zero attached hydrogens (tertiary/aromatic N) is 3. The van der Waals surface area contributed by atoms with E-state index in [1.807, 2.05) is 30.3 Å². The molecule has 0 N–H and O–H groups in total. The largest absolute Gasteiger partial charge is 0.456 e. The second-order valence-electron chi connectivity index (χ2n) is 8.34. The number of hydrogen-bond acceptors (Lipinski definition) is 3. The molecule has 0 saturated heterocycles. The zero-order valence-electron chi connectivity index (χ0n) is 18.1. The van der Waals surface area contributed by atoms with Gasteiger partial charge in [0.2, 0.25) is 0 Å². The predicted molar refractivity (Wildman–Crippen MR) is 136 cm³/mol. The van der Waals surface area contributed by atoms with Crippen molar-refractivity contribution >= 4 is 43.7 Å². The molecule has 34 heavy (non-hydrogen) atoms. The molecule has 4 heteroatoms. The molecule has 0 radical (unpaired) electrons. The van der Waals surface area contributed by atoms with Crippen molar-refractivity contribution in [3.8, 4) is 22.9 Å². The molecule has 0 aliphatic carbocycles. The third-order valence-electron chi connectivity index (χ3n) is 6.51. The molecule has 0 aliphatic rings. The van der Waals surface area contributed by atoms with Gasteiger partial charge in [-0.25, -0.2) is 4.98 Å². The van der Waals surface area contributed by atoms with Crippen molar-refractivity contribution in [2.75, 3.05) is 0 Å². The molecule has 0 spiro atoms. The number of rotatable bonds is 2. The highest BCUT2D eigenvalue weighted by molar-refractivity contribution is 6.27. The second-order valence-corrected chi connectivity index (χ2v) is 8.34. The Bertz CT molecular complexity index is 1930. The van der Waals surface area contributed by atoms with Crippen molar-refractivity contribution in [3.63, 3.8) is 0 Å². The molecule has 3 aromatic heterocycles. The maximum absolute atomic E-state index is 9.39. The first-order valence-corrected chi connectivity index (χ1v) is 11.1. The Labute approximate surface area is 194 Å². The number of aromatic nitrogens is 2. The van der Waals surface area contributed by atoms with E-state index in [0.29, 0.717) is 5.69 Å². The molecule has 7 rings (SSSR count). The van der Waals surface area contributed by atoms with Gasteiger partial charge in [-0.15, -0.1) is 0 Å². The van der Waals surface area contributed by atoms with Crippen LogP contribution < -0.4 is 0 Å². The van der Waals surface area contributed by atoms with E-state index in [4.69, 9.17) is 4.42 Å². The number of fused-ring (bicyclic) bond motifs is 7. The van der Waals surface area contributed by atoms with Gasteiger partial charge < -0.3 is 8.98 Å². The second kappa shape index (κ2) is 7.06. The third kappa shape index (κ3) is 2.55. The first-order chi connectivity index (χ1) is 16.8. The van der Waals surface area contributed by atoms with Gasteiger partial charge in [-0.05, 0) is 48.0 Å². The summed E-state index contributed by atoms with van der Waals surface area (Å²) in [7, 11) is 0. The van der Waals surface area contributed by atoms with Crippen LogP contribution in [-0.2, 0) is 0 Å². The van der Waals surface area contributed by atoms with Crippen LogP contribution in [0.15, 0.2) is 108 Å². The van der Waals surface area contributed by atoms with Crippen molar-refractivity contribution in [3.05, 3.63) is 109 Å². The molecule has 0 unspecified atom stereocenters. The molecular weight excluding hydrogens is 418 g/mol. The Morgan fingerprint density at radius 2 is 1.50 bits per heavy atom. The van der Waals surface area contributed by atoms with Gasteiger partial charge in [0.15, 0.2) is 0 Å². The zero-order chi connectivity index (χ0) is 22.6. The molecular formula is C30H17N3O. The maximum Gasteiger partial charge on any atom is 0.141 e. The van der Waals surface area contributed by atoms with E-state index in [1.165, 1.54) is 10.8 Å². The van der Waals surface area contributed by atoms with Gasteiger partial charge in [0, 0.05) is 33.3 Å². The van der Waals surface area contributed by atoms with Crippen molar-refractivity contribution in [2.24, 2.45) is 0 Å². The summed E-state index contributed by atoms with van der Waals surface area (Å²) < 4.78 is 8.51. The standard InChI is InChI=1S/C30H17N3O/c31-18-20-17-19(15-16-32-20)21-7-1-4-10-24(21)33-25-11-5-2-8-22(25)29-26(33)13-14-28-30(29)23-9-3-6-12-27(23)34-28/h1-17H. The SMILES string of the molecule is N#Cc1cc(-c2ccccc2-n2c3ccccc3c3c4c(ccc32)oc2ccccc24)ccn1. The van der Waals surface area contributed by atoms with Gasteiger partial charge in [0.25, 0.3) is 0 Å². The van der Waals surface area contributed by atoms with Crippen molar-refractivity contribution in [2.45, 2.75) is 0 Å². The lowest BCUT2D eigenvalue weighted by atomic mass is 10.0. The number of hydrogen-bond donors (Lipinski definition) is 0. The van der Waals surface area contributed by atoms with Gasteiger partial charge in [0.05, 0.1) is 16.7 Å². The first kappa shape index (κ1) is 18.7. The van der Waals surface area contributed by atoms with Crippen LogP contribution in [0.5, 0.6) is 0 Å². The van der Waals surface area contributed by atoms with Crippen LogP contribution in [-0.4, -0.2) is 9.55 Å². The summed E-state index contributed by atoms with van der Waals surface area (Å²) in [5.41, 5.74) is 7.47. The van der Waals surface area contributed by atoms with Crippen LogP contribution in [0.2, 0.25) is 0 Å². The van der Waals surface area contributed by atoms with E-state index in [-0.39, 0.29) is 0 Å². The van der Waals surface area contributed by atoms with E-state index in [0.717, 1.165) is 49.8 Å². The fourth-order valence-corrected chi connectivity index (χ4v) is 5.11. The van der Waals surface area contributed by atoms with Crippen LogP contribution in [0.25, 0.3) is 60.6 Å². The highest BCUT2D eigenvalue weighted by atomic mass is 16.3. The summed E-state index contributed by atoms with van der Waals surface area (Å²) in [5.74, 6) is 0. The lowest BCUT2D eigenvalue weighted by Crippen LogP contribution is -1.97. The number of benzene rings is 4. The van der Waals surface area contributed by atoms with Crippen molar-refractivity contribution in [1.82, 2.24) is 9.55 Å². The van der Waals surface area contributed by atoms with Gasteiger partial charge in [-0.2, -0.15) is 5.26 Å². The van der Waals surface area contributed by atoms with Crippen molar-refractivity contribution < 1.29 is 4.42 Å². The van der Waals surface area contributed by atoms with Gasteiger partial charge in [-0.1, -0.05) is 54.6 Å². The highest BCUT2D eigenvalue weighted by Crippen LogP contribution is 2.42. The predicted octanol–water partition coefficient (Wildman–Crippen LogP) is 7.62. The number of para-hydroxylation sites is 3. The maximum atomic E-state index is 9.39. The quantitative estimate of drug-likeness (QED) is 0.281. The normalized spacial score (nSPS) is 11.5. The monoisotopic (exact) mass is 435 g/mol. The molecule has 0 atom stereocenters. The smallest absolute Gasteiger partial charge is 0.141 e. The lowest BCUT2D eigenvalue weighted by Gasteiger charge is -2.14. The summed E-state index contributed by atoms with van der Waals surface area (Å²) in [5, 5.41) is 14.0. The average molecular weight is 435 g/mol. The van der Waals surface area contributed by atoms with Crippen LogP contribution in [0.1, 0.15) is 5.69 Å². The zero-order valence-corrected chi connectivity index (χ0v) is 18.1. The van der Waals surface area contributed by atoms with Gasteiger partial charge in [-0.3, -0.25) is 0 Å². The summed E-state index contributed by atoms with van der Waals surface area (Å²) in [6, 6.07) is 35.2. The average Bonchev–Trinajstić information content (AvgIpc) is 3.44. The highest BCUT2D eigenvalue weighted by Gasteiger charge is 2.19. The Hall–Kier alpha value is -4.88. The molecule has 0 amide bonds. The lowest BCUT2D eigenvalue weighted by molar-refractivity contribution is 0.669. The molecule has 4 aromatic carbocycles. The van der Waals surface area contributed by atoms with E-state index in [2.05, 4.69) is 82.4 Å². The van der Waals surface area contributed by atoms with Gasteiger partial charge >= 0.3 is 0 Å².